The highest BCUT2D eigenvalue weighted by molar-refractivity contribution is 5.74. The number of carbonyl (C=O) groups is 1. The standard InChI is InChI=1S/C9H14O3/c1-5-7-4-6(10)2-3-8(7)12-9(5)11/h5-8,10H,2-4H2,1H3/t5-,6?,7-,8-/m0/s1. The van der Waals surface area contributed by atoms with E-state index in [-0.39, 0.29) is 30.0 Å². The minimum atomic E-state index is -0.219. The molecular weight excluding hydrogens is 156 g/mol. The number of fused-ring (bicyclic) bond motifs is 1. The highest BCUT2D eigenvalue weighted by atomic mass is 16.6. The van der Waals surface area contributed by atoms with Gasteiger partial charge in [0.2, 0.25) is 0 Å². The van der Waals surface area contributed by atoms with Crippen LogP contribution in [0.1, 0.15) is 26.2 Å². The van der Waals surface area contributed by atoms with E-state index in [1.54, 1.807) is 0 Å². The number of aliphatic hydroxyl groups excluding tert-OH is 1. The van der Waals surface area contributed by atoms with Crippen molar-refractivity contribution in [1.29, 1.82) is 0 Å². The average Bonchev–Trinajstić information content (AvgIpc) is 2.31. The second-order valence-electron chi connectivity index (χ2n) is 3.89. The number of ether oxygens (including phenoxy) is 1. The Labute approximate surface area is 71.7 Å². The molecule has 0 aromatic heterocycles. The largest absolute Gasteiger partial charge is 0.462 e. The first-order valence-electron chi connectivity index (χ1n) is 4.57. The van der Waals surface area contributed by atoms with Gasteiger partial charge in [0.05, 0.1) is 12.0 Å². The van der Waals surface area contributed by atoms with E-state index in [9.17, 15) is 9.90 Å². The highest BCUT2D eigenvalue weighted by Gasteiger charge is 2.44. The van der Waals surface area contributed by atoms with Crippen LogP contribution in [-0.2, 0) is 9.53 Å². The van der Waals surface area contributed by atoms with E-state index in [4.69, 9.17) is 4.74 Å². The van der Waals surface area contributed by atoms with Crippen molar-refractivity contribution >= 4 is 5.97 Å². The third-order valence-electron chi connectivity index (χ3n) is 3.09. The van der Waals surface area contributed by atoms with E-state index in [2.05, 4.69) is 0 Å². The van der Waals surface area contributed by atoms with Gasteiger partial charge in [-0.1, -0.05) is 6.92 Å². The molecule has 1 aliphatic heterocycles. The number of hydrogen-bond acceptors (Lipinski definition) is 3. The lowest BCUT2D eigenvalue weighted by Gasteiger charge is -2.27. The molecule has 0 amide bonds. The number of carbonyl (C=O) groups excluding carboxylic acids is 1. The normalized spacial score (nSPS) is 47.0. The van der Waals surface area contributed by atoms with Gasteiger partial charge < -0.3 is 9.84 Å². The molecule has 3 heteroatoms. The number of esters is 1. The smallest absolute Gasteiger partial charge is 0.309 e. The van der Waals surface area contributed by atoms with Crippen LogP contribution in [0, 0.1) is 11.8 Å². The maximum atomic E-state index is 11.1. The van der Waals surface area contributed by atoms with E-state index in [1.807, 2.05) is 6.92 Å². The topological polar surface area (TPSA) is 46.5 Å². The van der Waals surface area contributed by atoms with Crippen LogP contribution in [0.2, 0.25) is 0 Å². The third-order valence-corrected chi connectivity index (χ3v) is 3.09. The van der Waals surface area contributed by atoms with Crippen molar-refractivity contribution in [2.75, 3.05) is 0 Å². The second kappa shape index (κ2) is 2.73. The number of aliphatic hydroxyl groups is 1. The van der Waals surface area contributed by atoms with Gasteiger partial charge in [0.15, 0.2) is 0 Å². The summed E-state index contributed by atoms with van der Waals surface area (Å²) in [5.74, 6) is 0.172. The van der Waals surface area contributed by atoms with Crippen molar-refractivity contribution in [2.45, 2.75) is 38.4 Å². The van der Waals surface area contributed by atoms with E-state index in [0.29, 0.717) is 0 Å². The van der Waals surface area contributed by atoms with Gasteiger partial charge in [-0.05, 0) is 19.3 Å². The molecule has 1 aliphatic carbocycles. The Kier molecular flexibility index (Phi) is 1.83. The summed E-state index contributed by atoms with van der Waals surface area (Å²) in [6.45, 7) is 1.89. The summed E-state index contributed by atoms with van der Waals surface area (Å²) in [4.78, 5) is 11.1. The molecule has 2 rings (SSSR count). The lowest BCUT2D eigenvalue weighted by atomic mass is 9.79. The van der Waals surface area contributed by atoms with Gasteiger partial charge >= 0.3 is 5.97 Å². The van der Waals surface area contributed by atoms with Gasteiger partial charge in [-0.15, -0.1) is 0 Å². The fourth-order valence-corrected chi connectivity index (χ4v) is 2.26. The predicted molar refractivity (Wildman–Crippen MR) is 42.4 cm³/mol. The van der Waals surface area contributed by atoms with Crippen molar-refractivity contribution in [3.63, 3.8) is 0 Å². The molecular formula is C9H14O3. The monoisotopic (exact) mass is 170 g/mol. The zero-order valence-corrected chi connectivity index (χ0v) is 7.19. The van der Waals surface area contributed by atoms with Crippen molar-refractivity contribution < 1.29 is 14.6 Å². The molecule has 4 atom stereocenters. The summed E-state index contributed by atoms with van der Waals surface area (Å²) in [7, 11) is 0. The third kappa shape index (κ3) is 1.12. The van der Waals surface area contributed by atoms with Crippen molar-refractivity contribution in [3.8, 4) is 0 Å². The van der Waals surface area contributed by atoms with Crippen LogP contribution in [0.25, 0.3) is 0 Å². The zero-order chi connectivity index (χ0) is 8.72. The molecule has 0 spiro atoms. The molecule has 3 nitrogen and oxygen atoms in total. The molecule has 0 aromatic rings. The molecule has 2 aliphatic rings. The Hall–Kier alpha value is -0.570. The maximum absolute atomic E-state index is 11.1. The molecule has 1 N–H and O–H groups in total. The lowest BCUT2D eigenvalue weighted by molar-refractivity contribution is -0.144. The van der Waals surface area contributed by atoms with E-state index in [1.165, 1.54) is 0 Å². The van der Waals surface area contributed by atoms with Crippen molar-refractivity contribution in [1.82, 2.24) is 0 Å². The van der Waals surface area contributed by atoms with Crippen LogP contribution in [0.5, 0.6) is 0 Å². The molecule has 1 saturated heterocycles. The zero-order valence-electron chi connectivity index (χ0n) is 7.19. The average molecular weight is 170 g/mol. The Morgan fingerprint density at radius 2 is 2.25 bits per heavy atom. The van der Waals surface area contributed by atoms with Crippen molar-refractivity contribution in [2.24, 2.45) is 11.8 Å². The Morgan fingerprint density at radius 1 is 1.50 bits per heavy atom. The first-order chi connectivity index (χ1) is 5.68. The number of hydrogen-bond donors (Lipinski definition) is 1. The van der Waals surface area contributed by atoms with Crippen LogP contribution in [0.4, 0.5) is 0 Å². The Balaban J connectivity index is 2.10. The fourth-order valence-electron chi connectivity index (χ4n) is 2.26. The minimum absolute atomic E-state index is 0.00931. The number of rotatable bonds is 0. The summed E-state index contributed by atoms with van der Waals surface area (Å²) in [5.41, 5.74) is 0. The minimum Gasteiger partial charge on any atom is -0.462 e. The molecule has 0 aromatic carbocycles. The first-order valence-corrected chi connectivity index (χ1v) is 4.57. The first kappa shape index (κ1) is 8.05. The molecule has 1 unspecified atom stereocenters. The van der Waals surface area contributed by atoms with Gasteiger partial charge in [0.25, 0.3) is 0 Å². The van der Waals surface area contributed by atoms with E-state index < -0.39 is 0 Å². The summed E-state index contributed by atoms with van der Waals surface area (Å²) in [5, 5.41) is 9.39. The summed E-state index contributed by atoms with van der Waals surface area (Å²) < 4.78 is 5.18. The van der Waals surface area contributed by atoms with E-state index in [0.717, 1.165) is 19.3 Å². The molecule has 0 bridgehead atoms. The maximum Gasteiger partial charge on any atom is 0.309 e. The van der Waals surface area contributed by atoms with Crippen LogP contribution >= 0.6 is 0 Å². The molecule has 12 heavy (non-hydrogen) atoms. The van der Waals surface area contributed by atoms with E-state index >= 15 is 0 Å². The molecule has 0 radical (unpaired) electrons. The molecule has 2 fully saturated rings. The molecule has 1 saturated carbocycles. The summed E-state index contributed by atoms with van der Waals surface area (Å²) >= 11 is 0. The van der Waals surface area contributed by atoms with Crippen molar-refractivity contribution in [3.05, 3.63) is 0 Å². The Morgan fingerprint density at radius 3 is 3.00 bits per heavy atom. The van der Waals surface area contributed by atoms with Gasteiger partial charge in [-0.3, -0.25) is 4.79 Å². The second-order valence-corrected chi connectivity index (χ2v) is 3.89. The fraction of sp³-hybridized carbons (Fsp3) is 0.889. The predicted octanol–water partition coefficient (Wildman–Crippen LogP) is 0.709. The molecule has 1 heterocycles. The quantitative estimate of drug-likeness (QED) is 0.544. The van der Waals surface area contributed by atoms with Gasteiger partial charge in [0.1, 0.15) is 6.10 Å². The van der Waals surface area contributed by atoms with Gasteiger partial charge in [-0.2, -0.15) is 0 Å². The Bertz CT molecular complexity index is 202. The SMILES string of the molecule is C[C@@H]1C(=O)O[C@H]2CCC(O)C[C@H]21. The molecule has 68 valence electrons. The summed E-state index contributed by atoms with van der Waals surface area (Å²) in [6, 6.07) is 0. The summed E-state index contributed by atoms with van der Waals surface area (Å²) in [6.07, 6.45) is 2.22. The lowest BCUT2D eigenvalue weighted by Crippen LogP contribution is -2.30. The van der Waals surface area contributed by atoms with Gasteiger partial charge in [0, 0.05) is 5.92 Å². The van der Waals surface area contributed by atoms with Crippen LogP contribution in [0.3, 0.4) is 0 Å². The van der Waals surface area contributed by atoms with Crippen LogP contribution < -0.4 is 0 Å². The van der Waals surface area contributed by atoms with Crippen LogP contribution in [-0.4, -0.2) is 23.3 Å². The van der Waals surface area contributed by atoms with Gasteiger partial charge in [-0.25, -0.2) is 0 Å². The van der Waals surface area contributed by atoms with Crippen LogP contribution in [0.15, 0.2) is 0 Å². The highest BCUT2D eigenvalue weighted by Crippen LogP contribution is 2.38.